The molecule has 5 heteroatoms. The summed E-state index contributed by atoms with van der Waals surface area (Å²) < 4.78 is 5.00. The Hall–Kier alpha value is -1.59. The van der Waals surface area contributed by atoms with Gasteiger partial charge < -0.3 is 4.42 Å². The molecular formula is C12H14N2O2S. The van der Waals surface area contributed by atoms with Crippen molar-refractivity contribution in [3.05, 3.63) is 46.5 Å². The molecule has 0 aliphatic carbocycles. The van der Waals surface area contributed by atoms with E-state index in [2.05, 4.69) is 10.9 Å². The summed E-state index contributed by atoms with van der Waals surface area (Å²) in [6.45, 7) is 4.00. The van der Waals surface area contributed by atoms with Gasteiger partial charge in [0.15, 0.2) is 5.76 Å². The highest BCUT2D eigenvalue weighted by molar-refractivity contribution is 7.10. The van der Waals surface area contributed by atoms with Crippen molar-refractivity contribution in [2.45, 2.75) is 19.4 Å². The van der Waals surface area contributed by atoms with E-state index in [0.717, 1.165) is 4.88 Å². The lowest BCUT2D eigenvalue weighted by molar-refractivity contribution is 0.0883. The van der Waals surface area contributed by atoms with E-state index >= 15 is 0 Å². The summed E-state index contributed by atoms with van der Waals surface area (Å²) in [6, 6.07) is 7.31. The van der Waals surface area contributed by atoms with E-state index in [1.165, 1.54) is 6.26 Å². The monoisotopic (exact) mass is 250 g/mol. The maximum absolute atomic E-state index is 11.7. The number of carbonyl (C=O) groups excluding carboxylic acids is 1. The molecule has 17 heavy (non-hydrogen) atoms. The molecule has 2 heterocycles. The summed E-state index contributed by atoms with van der Waals surface area (Å²) in [4.78, 5) is 12.8. The molecule has 90 valence electrons. The number of hydrazine groups is 1. The average molecular weight is 250 g/mol. The van der Waals surface area contributed by atoms with E-state index < -0.39 is 0 Å². The minimum atomic E-state index is -0.309. The lowest BCUT2D eigenvalue weighted by atomic mass is 10.1. The first-order valence-electron chi connectivity index (χ1n) is 5.24. The van der Waals surface area contributed by atoms with Crippen molar-refractivity contribution in [1.82, 2.24) is 10.9 Å². The van der Waals surface area contributed by atoms with Gasteiger partial charge in [0.25, 0.3) is 0 Å². The summed E-state index contributed by atoms with van der Waals surface area (Å²) in [5.74, 6) is 0.0131. The molecule has 0 spiro atoms. The molecule has 1 amide bonds. The number of amides is 1. The second-order valence-corrected chi connectivity index (χ2v) is 5.11. The van der Waals surface area contributed by atoms with Gasteiger partial charge in [-0.2, -0.15) is 0 Å². The molecule has 0 atom stereocenters. The number of nitrogens with one attached hydrogen (secondary N) is 2. The first-order valence-corrected chi connectivity index (χ1v) is 6.12. The van der Waals surface area contributed by atoms with E-state index in [4.69, 9.17) is 4.42 Å². The van der Waals surface area contributed by atoms with Crippen LogP contribution in [0.25, 0.3) is 0 Å². The Morgan fingerprint density at radius 2 is 2.18 bits per heavy atom. The Morgan fingerprint density at radius 3 is 2.76 bits per heavy atom. The van der Waals surface area contributed by atoms with E-state index in [0.29, 0.717) is 5.76 Å². The molecule has 0 aliphatic rings. The van der Waals surface area contributed by atoms with Crippen molar-refractivity contribution in [2.75, 3.05) is 0 Å². The summed E-state index contributed by atoms with van der Waals surface area (Å²) >= 11 is 1.64. The Kier molecular flexibility index (Phi) is 3.31. The number of rotatable bonds is 4. The molecule has 0 bridgehead atoms. The molecule has 2 aromatic heterocycles. The quantitative estimate of drug-likeness (QED) is 0.820. The highest BCUT2D eigenvalue weighted by Crippen LogP contribution is 2.23. The maximum atomic E-state index is 11.7. The Bertz CT molecular complexity index is 475. The smallest absolute Gasteiger partial charge is 0.301 e. The second-order valence-electron chi connectivity index (χ2n) is 4.16. The number of thiophene rings is 1. The highest BCUT2D eigenvalue weighted by Gasteiger charge is 2.22. The summed E-state index contributed by atoms with van der Waals surface area (Å²) in [5.41, 5.74) is 5.33. The molecule has 0 saturated heterocycles. The number of hydrogen-bond acceptors (Lipinski definition) is 4. The maximum Gasteiger partial charge on any atom is 0.301 e. The fourth-order valence-electron chi connectivity index (χ4n) is 1.38. The van der Waals surface area contributed by atoms with Crippen LogP contribution in [-0.2, 0) is 5.54 Å². The third-order valence-corrected chi connectivity index (χ3v) is 3.56. The van der Waals surface area contributed by atoms with Gasteiger partial charge in [-0.15, -0.1) is 11.3 Å². The average Bonchev–Trinajstić information content (AvgIpc) is 2.97. The standard InChI is InChI=1S/C12H14N2O2S/c1-12(2,10-6-4-8-17-10)14-13-11(15)9-5-3-7-16-9/h3-8,14H,1-2H3,(H,13,15). The van der Waals surface area contributed by atoms with Crippen molar-refractivity contribution < 1.29 is 9.21 Å². The van der Waals surface area contributed by atoms with Gasteiger partial charge in [0, 0.05) is 4.88 Å². The Labute approximate surface area is 104 Å². The van der Waals surface area contributed by atoms with Crippen LogP contribution in [-0.4, -0.2) is 5.91 Å². The molecule has 4 nitrogen and oxygen atoms in total. The first kappa shape index (κ1) is 11.9. The molecule has 2 rings (SSSR count). The van der Waals surface area contributed by atoms with Gasteiger partial charge in [-0.25, -0.2) is 5.43 Å². The van der Waals surface area contributed by atoms with Gasteiger partial charge in [0.2, 0.25) is 0 Å². The SMILES string of the molecule is CC(C)(NNC(=O)c1ccco1)c1cccs1. The normalized spacial score (nSPS) is 11.4. The molecular weight excluding hydrogens is 236 g/mol. The van der Waals surface area contributed by atoms with Crippen LogP contribution >= 0.6 is 11.3 Å². The number of furan rings is 1. The Balaban J connectivity index is 1.96. The van der Waals surface area contributed by atoms with Crippen molar-refractivity contribution in [3.63, 3.8) is 0 Å². The van der Waals surface area contributed by atoms with Crippen LogP contribution in [0, 0.1) is 0 Å². The molecule has 2 N–H and O–H groups in total. The third-order valence-electron chi connectivity index (χ3n) is 2.37. The molecule has 0 radical (unpaired) electrons. The first-order chi connectivity index (χ1) is 8.09. The van der Waals surface area contributed by atoms with Crippen LogP contribution < -0.4 is 10.9 Å². The zero-order valence-corrected chi connectivity index (χ0v) is 10.5. The molecule has 0 fully saturated rings. The second kappa shape index (κ2) is 4.73. The zero-order chi connectivity index (χ0) is 12.3. The predicted molar refractivity (Wildman–Crippen MR) is 66.7 cm³/mol. The van der Waals surface area contributed by atoms with Crippen LogP contribution in [0.4, 0.5) is 0 Å². The fourth-order valence-corrected chi connectivity index (χ4v) is 2.18. The molecule has 2 aromatic rings. The lowest BCUT2D eigenvalue weighted by Gasteiger charge is -2.24. The van der Waals surface area contributed by atoms with Crippen LogP contribution in [0.3, 0.4) is 0 Å². The van der Waals surface area contributed by atoms with Crippen molar-refractivity contribution in [3.8, 4) is 0 Å². The van der Waals surface area contributed by atoms with Crippen LogP contribution in [0.5, 0.6) is 0 Å². The molecule has 0 aromatic carbocycles. The fraction of sp³-hybridized carbons (Fsp3) is 0.250. The van der Waals surface area contributed by atoms with Gasteiger partial charge in [-0.05, 0) is 37.4 Å². The summed E-state index contributed by atoms with van der Waals surface area (Å²) in [7, 11) is 0. The van der Waals surface area contributed by atoms with Crippen molar-refractivity contribution in [1.29, 1.82) is 0 Å². The summed E-state index contributed by atoms with van der Waals surface area (Å²) in [5, 5.41) is 2.01. The minimum Gasteiger partial charge on any atom is -0.459 e. The molecule has 0 unspecified atom stereocenters. The number of carbonyl (C=O) groups is 1. The van der Waals surface area contributed by atoms with E-state index in [1.807, 2.05) is 31.4 Å². The zero-order valence-electron chi connectivity index (χ0n) is 9.69. The Morgan fingerprint density at radius 1 is 1.35 bits per heavy atom. The molecule has 0 saturated carbocycles. The van der Waals surface area contributed by atoms with Crippen molar-refractivity contribution in [2.24, 2.45) is 0 Å². The van der Waals surface area contributed by atoms with Crippen molar-refractivity contribution >= 4 is 17.2 Å². The highest BCUT2D eigenvalue weighted by atomic mass is 32.1. The molecule has 0 aliphatic heterocycles. The largest absolute Gasteiger partial charge is 0.459 e. The summed E-state index contributed by atoms with van der Waals surface area (Å²) in [6.07, 6.45) is 1.47. The predicted octanol–water partition coefficient (Wildman–Crippen LogP) is 2.51. The van der Waals surface area contributed by atoms with Gasteiger partial charge in [0.1, 0.15) is 0 Å². The van der Waals surface area contributed by atoms with Gasteiger partial charge in [-0.1, -0.05) is 6.07 Å². The van der Waals surface area contributed by atoms with Crippen LogP contribution in [0.15, 0.2) is 40.3 Å². The number of hydrogen-bond donors (Lipinski definition) is 2. The lowest BCUT2D eigenvalue weighted by Crippen LogP contribution is -2.48. The topological polar surface area (TPSA) is 54.3 Å². The van der Waals surface area contributed by atoms with Crippen LogP contribution in [0.2, 0.25) is 0 Å². The van der Waals surface area contributed by atoms with Gasteiger partial charge in [-0.3, -0.25) is 10.2 Å². The van der Waals surface area contributed by atoms with Crippen LogP contribution in [0.1, 0.15) is 29.3 Å². The van der Waals surface area contributed by atoms with Gasteiger partial charge in [0.05, 0.1) is 11.8 Å². The third kappa shape index (κ3) is 2.75. The van der Waals surface area contributed by atoms with Gasteiger partial charge >= 0.3 is 5.91 Å². The van der Waals surface area contributed by atoms with E-state index in [1.54, 1.807) is 23.5 Å². The van der Waals surface area contributed by atoms with E-state index in [-0.39, 0.29) is 11.4 Å². The van der Waals surface area contributed by atoms with E-state index in [9.17, 15) is 4.79 Å². The minimum absolute atomic E-state index is 0.278.